The van der Waals surface area contributed by atoms with Crippen molar-refractivity contribution < 1.29 is 4.79 Å². The Morgan fingerprint density at radius 1 is 1.29 bits per heavy atom. The molecule has 3 heteroatoms. The lowest BCUT2D eigenvalue weighted by Gasteiger charge is -2.29. The summed E-state index contributed by atoms with van der Waals surface area (Å²) in [6.45, 7) is 11.1. The van der Waals surface area contributed by atoms with Crippen LogP contribution in [0.2, 0.25) is 0 Å². The van der Waals surface area contributed by atoms with E-state index in [4.69, 9.17) is 0 Å². The fraction of sp³-hybridized carbons (Fsp3) is 0.909. The van der Waals surface area contributed by atoms with E-state index in [1.54, 1.807) is 0 Å². The smallest absolute Gasteiger partial charge is 0.237 e. The Labute approximate surface area is 86.9 Å². The largest absolute Gasteiger partial charge is 0.329 e. The molecule has 0 radical (unpaired) electrons. The van der Waals surface area contributed by atoms with Crippen LogP contribution in [-0.4, -0.2) is 30.6 Å². The van der Waals surface area contributed by atoms with E-state index in [1.807, 2.05) is 4.90 Å². The maximum absolute atomic E-state index is 11.4. The second-order valence-corrected chi connectivity index (χ2v) is 4.85. The van der Waals surface area contributed by atoms with Gasteiger partial charge in [0.25, 0.3) is 0 Å². The molecular formula is C11H22N2O. The van der Waals surface area contributed by atoms with Crippen LogP contribution in [0, 0.1) is 17.8 Å². The zero-order valence-electron chi connectivity index (χ0n) is 9.71. The van der Waals surface area contributed by atoms with Crippen LogP contribution in [-0.2, 0) is 4.79 Å². The van der Waals surface area contributed by atoms with E-state index in [2.05, 4.69) is 33.0 Å². The molecule has 0 atom stereocenters. The average molecular weight is 198 g/mol. The summed E-state index contributed by atoms with van der Waals surface area (Å²) < 4.78 is 0. The van der Waals surface area contributed by atoms with E-state index in [1.165, 1.54) is 0 Å². The van der Waals surface area contributed by atoms with E-state index >= 15 is 0 Å². The Morgan fingerprint density at radius 2 is 1.86 bits per heavy atom. The van der Waals surface area contributed by atoms with Gasteiger partial charge in [0.15, 0.2) is 0 Å². The summed E-state index contributed by atoms with van der Waals surface area (Å²) in [6, 6.07) is 0. The highest BCUT2D eigenvalue weighted by atomic mass is 16.2. The van der Waals surface area contributed by atoms with Gasteiger partial charge in [-0.05, 0) is 17.8 Å². The number of hydrogen-bond donors (Lipinski definition) is 1. The third kappa shape index (κ3) is 2.71. The van der Waals surface area contributed by atoms with Crippen molar-refractivity contribution in [2.45, 2.75) is 27.7 Å². The highest BCUT2D eigenvalue weighted by Gasteiger charge is 2.26. The first-order chi connectivity index (χ1) is 6.52. The topological polar surface area (TPSA) is 32.3 Å². The van der Waals surface area contributed by atoms with Gasteiger partial charge >= 0.3 is 0 Å². The third-order valence-corrected chi connectivity index (χ3v) is 3.08. The summed E-state index contributed by atoms with van der Waals surface area (Å²) in [5.74, 6) is 2.14. The number of rotatable bonds is 4. The van der Waals surface area contributed by atoms with E-state index in [0.29, 0.717) is 24.3 Å². The Bertz CT molecular complexity index is 193. The van der Waals surface area contributed by atoms with E-state index in [9.17, 15) is 4.79 Å². The van der Waals surface area contributed by atoms with E-state index in [0.717, 1.165) is 13.2 Å². The predicted octanol–water partition coefficient (Wildman–Crippen LogP) is 1.30. The van der Waals surface area contributed by atoms with Crippen LogP contribution in [0.15, 0.2) is 0 Å². The highest BCUT2D eigenvalue weighted by Crippen LogP contribution is 2.22. The Hall–Kier alpha value is -0.570. The Balaban J connectivity index is 2.50. The van der Waals surface area contributed by atoms with Gasteiger partial charge in [-0.15, -0.1) is 0 Å². The minimum atomic E-state index is 0.247. The Kier molecular flexibility index (Phi) is 3.93. The minimum absolute atomic E-state index is 0.247. The van der Waals surface area contributed by atoms with Crippen molar-refractivity contribution in [3.05, 3.63) is 0 Å². The lowest BCUT2D eigenvalue weighted by atomic mass is 9.85. The molecule has 0 aromatic carbocycles. The van der Waals surface area contributed by atoms with Crippen LogP contribution in [0.5, 0.6) is 0 Å². The standard InChI is InChI=1S/C11H22N2O/c1-8(2)10(9(3)4)6-13-7-12-5-11(13)14/h8-10,12H,5-7H2,1-4H3. The summed E-state index contributed by atoms with van der Waals surface area (Å²) in [7, 11) is 0. The summed E-state index contributed by atoms with van der Waals surface area (Å²) >= 11 is 0. The fourth-order valence-corrected chi connectivity index (χ4v) is 2.11. The number of amides is 1. The molecule has 0 aliphatic carbocycles. The van der Waals surface area contributed by atoms with Crippen LogP contribution in [0.1, 0.15) is 27.7 Å². The molecule has 1 heterocycles. The molecule has 82 valence electrons. The zero-order chi connectivity index (χ0) is 10.7. The molecule has 0 spiro atoms. The maximum atomic E-state index is 11.4. The molecule has 1 fully saturated rings. The molecule has 14 heavy (non-hydrogen) atoms. The molecule has 1 N–H and O–H groups in total. The fourth-order valence-electron chi connectivity index (χ4n) is 2.11. The number of nitrogens with one attached hydrogen (secondary N) is 1. The van der Waals surface area contributed by atoms with Crippen LogP contribution in [0.25, 0.3) is 0 Å². The van der Waals surface area contributed by atoms with Crippen molar-refractivity contribution in [3.8, 4) is 0 Å². The van der Waals surface area contributed by atoms with Crippen molar-refractivity contribution in [1.29, 1.82) is 0 Å². The lowest BCUT2D eigenvalue weighted by Crippen LogP contribution is -2.35. The van der Waals surface area contributed by atoms with Gasteiger partial charge < -0.3 is 4.90 Å². The van der Waals surface area contributed by atoms with Crippen molar-refractivity contribution in [2.24, 2.45) is 17.8 Å². The van der Waals surface area contributed by atoms with Gasteiger partial charge in [-0.25, -0.2) is 0 Å². The van der Waals surface area contributed by atoms with Gasteiger partial charge in [0.2, 0.25) is 5.91 Å². The van der Waals surface area contributed by atoms with Crippen molar-refractivity contribution in [1.82, 2.24) is 10.2 Å². The Morgan fingerprint density at radius 3 is 2.21 bits per heavy atom. The minimum Gasteiger partial charge on any atom is -0.329 e. The molecule has 1 aliphatic heterocycles. The molecular weight excluding hydrogens is 176 g/mol. The molecule has 1 saturated heterocycles. The average Bonchev–Trinajstić information content (AvgIpc) is 2.46. The van der Waals surface area contributed by atoms with Gasteiger partial charge in [0.05, 0.1) is 13.2 Å². The molecule has 3 nitrogen and oxygen atoms in total. The van der Waals surface area contributed by atoms with Gasteiger partial charge in [-0.2, -0.15) is 0 Å². The SMILES string of the molecule is CC(C)C(CN1CNCC1=O)C(C)C. The molecule has 0 saturated carbocycles. The first kappa shape index (κ1) is 11.5. The number of nitrogens with zero attached hydrogens (tertiary/aromatic N) is 1. The molecule has 1 aliphatic rings. The summed E-state index contributed by atoms with van der Waals surface area (Å²) in [6.07, 6.45) is 0. The third-order valence-electron chi connectivity index (χ3n) is 3.08. The normalized spacial score (nSPS) is 17.9. The van der Waals surface area contributed by atoms with E-state index in [-0.39, 0.29) is 5.91 Å². The van der Waals surface area contributed by atoms with Gasteiger partial charge in [0, 0.05) is 6.54 Å². The maximum Gasteiger partial charge on any atom is 0.237 e. The second kappa shape index (κ2) is 4.78. The molecule has 1 amide bonds. The van der Waals surface area contributed by atoms with Crippen molar-refractivity contribution in [2.75, 3.05) is 19.8 Å². The van der Waals surface area contributed by atoms with Crippen LogP contribution in [0.4, 0.5) is 0 Å². The first-order valence-electron chi connectivity index (χ1n) is 5.51. The predicted molar refractivity (Wildman–Crippen MR) is 57.7 cm³/mol. The second-order valence-electron chi connectivity index (χ2n) is 4.85. The van der Waals surface area contributed by atoms with Gasteiger partial charge in [0.1, 0.15) is 0 Å². The first-order valence-corrected chi connectivity index (χ1v) is 5.51. The number of carbonyl (C=O) groups excluding carboxylic acids is 1. The zero-order valence-corrected chi connectivity index (χ0v) is 9.71. The monoisotopic (exact) mass is 198 g/mol. The molecule has 0 unspecified atom stereocenters. The summed E-state index contributed by atoms with van der Waals surface area (Å²) in [5.41, 5.74) is 0. The molecule has 0 aromatic heterocycles. The quantitative estimate of drug-likeness (QED) is 0.738. The van der Waals surface area contributed by atoms with Gasteiger partial charge in [-0.1, -0.05) is 27.7 Å². The number of carbonyl (C=O) groups is 1. The lowest BCUT2D eigenvalue weighted by molar-refractivity contribution is -0.127. The molecule has 0 aromatic rings. The van der Waals surface area contributed by atoms with Crippen LogP contribution < -0.4 is 5.32 Å². The van der Waals surface area contributed by atoms with Gasteiger partial charge in [-0.3, -0.25) is 10.1 Å². The van der Waals surface area contributed by atoms with Crippen molar-refractivity contribution in [3.63, 3.8) is 0 Å². The van der Waals surface area contributed by atoms with Crippen molar-refractivity contribution >= 4 is 5.91 Å². The van der Waals surface area contributed by atoms with Crippen LogP contribution >= 0.6 is 0 Å². The summed E-state index contributed by atoms with van der Waals surface area (Å²) in [5, 5.41) is 3.08. The number of hydrogen-bond acceptors (Lipinski definition) is 2. The molecule has 0 bridgehead atoms. The van der Waals surface area contributed by atoms with Crippen LogP contribution in [0.3, 0.4) is 0 Å². The summed E-state index contributed by atoms with van der Waals surface area (Å²) in [4.78, 5) is 13.4. The molecule has 1 rings (SSSR count). The van der Waals surface area contributed by atoms with E-state index < -0.39 is 0 Å². The highest BCUT2D eigenvalue weighted by molar-refractivity contribution is 5.79.